The SMILES string of the molecule is CCC(C)C1CNCCN1CCSc1ccccc1. The zero-order valence-electron chi connectivity index (χ0n) is 12.1. The molecule has 0 aromatic heterocycles. The van der Waals surface area contributed by atoms with Crippen molar-refractivity contribution in [3.63, 3.8) is 0 Å². The summed E-state index contributed by atoms with van der Waals surface area (Å²) in [4.78, 5) is 4.07. The summed E-state index contributed by atoms with van der Waals surface area (Å²) >= 11 is 1.97. The minimum absolute atomic E-state index is 0.718. The van der Waals surface area contributed by atoms with Gasteiger partial charge in [0.25, 0.3) is 0 Å². The van der Waals surface area contributed by atoms with Gasteiger partial charge in [-0.15, -0.1) is 11.8 Å². The number of rotatable bonds is 6. The van der Waals surface area contributed by atoms with Gasteiger partial charge in [-0.05, 0) is 18.1 Å². The van der Waals surface area contributed by atoms with Crippen LogP contribution in [0.1, 0.15) is 20.3 Å². The predicted molar refractivity (Wildman–Crippen MR) is 84.9 cm³/mol. The third-order valence-corrected chi connectivity index (χ3v) is 5.08. The number of thioether (sulfide) groups is 1. The van der Waals surface area contributed by atoms with Crippen molar-refractivity contribution in [2.75, 3.05) is 31.9 Å². The first-order valence-electron chi connectivity index (χ1n) is 7.44. The molecule has 0 saturated carbocycles. The van der Waals surface area contributed by atoms with Gasteiger partial charge < -0.3 is 5.32 Å². The third kappa shape index (κ3) is 4.51. The number of hydrogen-bond donors (Lipinski definition) is 1. The van der Waals surface area contributed by atoms with Crippen LogP contribution in [-0.2, 0) is 0 Å². The van der Waals surface area contributed by atoms with Gasteiger partial charge in [0.05, 0.1) is 0 Å². The maximum Gasteiger partial charge on any atom is 0.0247 e. The monoisotopic (exact) mass is 278 g/mol. The molecule has 1 saturated heterocycles. The average Bonchev–Trinajstić information content (AvgIpc) is 2.48. The molecular weight excluding hydrogens is 252 g/mol. The van der Waals surface area contributed by atoms with Crippen molar-refractivity contribution in [2.45, 2.75) is 31.2 Å². The number of benzene rings is 1. The van der Waals surface area contributed by atoms with Crippen LogP contribution in [0, 0.1) is 5.92 Å². The smallest absolute Gasteiger partial charge is 0.0247 e. The van der Waals surface area contributed by atoms with E-state index in [1.165, 1.54) is 30.2 Å². The Balaban J connectivity index is 1.79. The van der Waals surface area contributed by atoms with E-state index in [9.17, 15) is 0 Å². The fraction of sp³-hybridized carbons (Fsp3) is 0.625. The van der Waals surface area contributed by atoms with Crippen LogP contribution in [0.5, 0.6) is 0 Å². The zero-order chi connectivity index (χ0) is 13.5. The number of hydrogen-bond acceptors (Lipinski definition) is 3. The van der Waals surface area contributed by atoms with Gasteiger partial charge in [0.15, 0.2) is 0 Å². The number of piperazine rings is 1. The van der Waals surface area contributed by atoms with Crippen LogP contribution in [0.4, 0.5) is 0 Å². The van der Waals surface area contributed by atoms with Gasteiger partial charge in [-0.2, -0.15) is 0 Å². The molecule has 19 heavy (non-hydrogen) atoms. The van der Waals surface area contributed by atoms with E-state index in [2.05, 4.69) is 54.4 Å². The molecule has 1 aliphatic heterocycles. The van der Waals surface area contributed by atoms with Gasteiger partial charge in [-0.3, -0.25) is 4.90 Å². The predicted octanol–water partition coefficient (Wildman–Crippen LogP) is 3.10. The van der Waals surface area contributed by atoms with Gasteiger partial charge in [-0.25, -0.2) is 0 Å². The van der Waals surface area contributed by atoms with Crippen LogP contribution in [0.3, 0.4) is 0 Å². The molecule has 0 amide bonds. The quantitative estimate of drug-likeness (QED) is 0.805. The second-order valence-electron chi connectivity index (χ2n) is 5.35. The molecule has 1 heterocycles. The van der Waals surface area contributed by atoms with Crippen LogP contribution in [-0.4, -0.2) is 42.9 Å². The van der Waals surface area contributed by atoms with Gasteiger partial charge in [0.2, 0.25) is 0 Å². The Bertz CT molecular complexity index is 355. The molecule has 1 fully saturated rings. The Kier molecular flexibility index (Phi) is 6.21. The first-order valence-corrected chi connectivity index (χ1v) is 8.42. The Labute approximate surface area is 122 Å². The fourth-order valence-corrected chi connectivity index (χ4v) is 3.59. The molecular formula is C16H26N2S. The standard InChI is InChI=1S/C16H26N2S/c1-3-14(2)16-13-17-9-10-18(16)11-12-19-15-7-5-4-6-8-15/h4-8,14,16-17H,3,9-13H2,1-2H3. The molecule has 2 rings (SSSR count). The van der Waals surface area contributed by atoms with Crippen molar-refractivity contribution >= 4 is 11.8 Å². The van der Waals surface area contributed by atoms with Crippen molar-refractivity contribution in [3.05, 3.63) is 30.3 Å². The largest absolute Gasteiger partial charge is 0.314 e. The molecule has 1 aromatic rings. The van der Waals surface area contributed by atoms with E-state index in [4.69, 9.17) is 0 Å². The summed E-state index contributed by atoms with van der Waals surface area (Å²) in [6, 6.07) is 11.4. The van der Waals surface area contributed by atoms with Gasteiger partial charge in [-0.1, -0.05) is 38.5 Å². The van der Waals surface area contributed by atoms with Gasteiger partial charge in [0.1, 0.15) is 0 Å². The summed E-state index contributed by atoms with van der Waals surface area (Å²) in [5.41, 5.74) is 0. The first-order chi connectivity index (χ1) is 9.31. The second kappa shape index (κ2) is 7.93. The van der Waals surface area contributed by atoms with E-state index >= 15 is 0 Å². The van der Waals surface area contributed by atoms with Gasteiger partial charge >= 0.3 is 0 Å². The maximum atomic E-state index is 3.54. The summed E-state index contributed by atoms with van der Waals surface area (Å²) in [5, 5.41) is 3.54. The third-order valence-electron chi connectivity index (χ3n) is 4.09. The summed E-state index contributed by atoms with van der Waals surface area (Å²) in [5.74, 6) is 1.98. The lowest BCUT2D eigenvalue weighted by atomic mass is 9.96. The van der Waals surface area contributed by atoms with E-state index < -0.39 is 0 Å². The van der Waals surface area contributed by atoms with E-state index in [1.54, 1.807) is 0 Å². The molecule has 1 aromatic carbocycles. The summed E-state index contributed by atoms with van der Waals surface area (Å²) in [6.07, 6.45) is 1.27. The molecule has 2 unspecified atom stereocenters. The van der Waals surface area contributed by atoms with E-state index in [0.717, 1.165) is 25.0 Å². The minimum Gasteiger partial charge on any atom is -0.314 e. The Morgan fingerprint density at radius 3 is 2.89 bits per heavy atom. The fourth-order valence-electron chi connectivity index (χ4n) is 2.68. The summed E-state index contributed by atoms with van der Waals surface area (Å²) in [6.45, 7) is 9.39. The van der Waals surface area contributed by atoms with Gasteiger partial charge in [0, 0.05) is 42.9 Å². The Morgan fingerprint density at radius 1 is 1.37 bits per heavy atom. The first kappa shape index (κ1) is 14.9. The molecule has 0 spiro atoms. The van der Waals surface area contributed by atoms with E-state index in [-0.39, 0.29) is 0 Å². The molecule has 0 aliphatic carbocycles. The zero-order valence-corrected chi connectivity index (χ0v) is 13.0. The summed E-state index contributed by atoms with van der Waals surface area (Å²) in [7, 11) is 0. The van der Waals surface area contributed by atoms with Crippen LogP contribution in [0.25, 0.3) is 0 Å². The lowest BCUT2D eigenvalue weighted by molar-refractivity contribution is 0.124. The molecule has 1 N–H and O–H groups in total. The lowest BCUT2D eigenvalue weighted by Gasteiger charge is -2.39. The topological polar surface area (TPSA) is 15.3 Å². The van der Waals surface area contributed by atoms with E-state index in [0.29, 0.717) is 0 Å². The van der Waals surface area contributed by atoms with Crippen LogP contribution >= 0.6 is 11.8 Å². The number of nitrogens with one attached hydrogen (secondary N) is 1. The molecule has 3 heteroatoms. The summed E-state index contributed by atoms with van der Waals surface area (Å²) < 4.78 is 0. The highest BCUT2D eigenvalue weighted by molar-refractivity contribution is 7.99. The van der Waals surface area contributed by atoms with Crippen LogP contribution < -0.4 is 5.32 Å². The molecule has 106 valence electrons. The van der Waals surface area contributed by atoms with Crippen molar-refractivity contribution in [2.24, 2.45) is 5.92 Å². The van der Waals surface area contributed by atoms with Crippen LogP contribution in [0.2, 0.25) is 0 Å². The van der Waals surface area contributed by atoms with Crippen molar-refractivity contribution in [1.29, 1.82) is 0 Å². The Morgan fingerprint density at radius 2 is 2.16 bits per heavy atom. The Hall–Kier alpha value is -0.510. The molecule has 0 bridgehead atoms. The molecule has 1 aliphatic rings. The van der Waals surface area contributed by atoms with Crippen LogP contribution in [0.15, 0.2) is 35.2 Å². The normalized spacial score (nSPS) is 22.3. The minimum atomic E-state index is 0.718. The molecule has 2 nitrogen and oxygen atoms in total. The van der Waals surface area contributed by atoms with Crippen molar-refractivity contribution in [3.8, 4) is 0 Å². The van der Waals surface area contributed by atoms with Crippen molar-refractivity contribution in [1.82, 2.24) is 10.2 Å². The highest BCUT2D eigenvalue weighted by Gasteiger charge is 2.25. The van der Waals surface area contributed by atoms with Crippen molar-refractivity contribution < 1.29 is 0 Å². The highest BCUT2D eigenvalue weighted by atomic mass is 32.2. The maximum absolute atomic E-state index is 3.54. The highest BCUT2D eigenvalue weighted by Crippen LogP contribution is 2.20. The lowest BCUT2D eigenvalue weighted by Crippen LogP contribution is -2.54. The molecule has 2 atom stereocenters. The second-order valence-corrected chi connectivity index (χ2v) is 6.52. The average molecular weight is 278 g/mol. The molecule has 0 radical (unpaired) electrons. The van der Waals surface area contributed by atoms with E-state index in [1.807, 2.05) is 11.8 Å². The number of nitrogens with zero attached hydrogens (tertiary/aromatic N) is 1.